The van der Waals surface area contributed by atoms with Gasteiger partial charge in [0.05, 0.1) is 0 Å². The van der Waals surface area contributed by atoms with Crippen molar-refractivity contribution in [2.45, 2.75) is 13.3 Å². The highest BCUT2D eigenvalue weighted by atomic mass is 16.4. The van der Waals surface area contributed by atoms with E-state index >= 15 is 0 Å². The zero-order chi connectivity index (χ0) is 16.8. The van der Waals surface area contributed by atoms with Crippen LogP contribution in [0.5, 0.6) is 0 Å². The minimum Gasteiger partial charge on any atom is -0.477 e. The first kappa shape index (κ1) is 16.7. The molecule has 0 aromatic carbocycles. The molecule has 1 aromatic heterocycles. The van der Waals surface area contributed by atoms with E-state index in [-0.39, 0.29) is 17.5 Å². The summed E-state index contributed by atoms with van der Waals surface area (Å²) in [6.45, 7) is 4.13. The molecule has 1 aliphatic rings. The normalized spacial score (nSPS) is 14.5. The summed E-state index contributed by atoms with van der Waals surface area (Å²) < 4.78 is 0. The van der Waals surface area contributed by atoms with E-state index in [9.17, 15) is 14.4 Å². The average molecular weight is 320 g/mol. The monoisotopic (exact) mass is 320 g/mol. The fourth-order valence-corrected chi connectivity index (χ4v) is 2.38. The summed E-state index contributed by atoms with van der Waals surface area (Å²) in [7, 11) is 0. The highest BCUT2D eigenvalue weighted by molar-refractivity contribution is 5.85. The van der Waals surface area contributed by atoms with Gasteiger partial charge in [-0.05, 0) is 12.1 Å². The molecule has 0 spiro atoms. The van der Waals surface area contributed by atoms with E-state index in [2.05, 4.69) is 10.3 Å². The van der Waals surface area contributed by atoms with E-state index in [4.69, 9.17) is 5.11 Å². The van der Waals surface area contributed by atoms with Crippen LogP contribution in [0.25, 0.3) is 0 Å². The predicted octanol–water partition coefficient (Wildman–Crippen LogP) is 0.273. The summed E-state index contributed by atoms with van der Waals surface area (Å²) in [6.07, 6.45) is 0.291. The average Bonchev–Trinajstić information content (AvgIpc) is 2.55. The molecular weight excluding hydrogens is 300 g/mol. The highest BCUT2D eigenvalue weighted by Crippen LogP contribution is 2.07. The number of carbonyl (C=O) groups is 3. The van der Waals surface area contributed by atoms with E-state index in [1.54, 1.807) is 21.9 Å². The fourth-order valence-electron chi connectivity index (χ4n) is 2.38. The number of aromatic nitrogens is 1. The van der Waals surface area contributed by atoms with Gasteiger partial charge in [-0.15, -0.1) is 0 Å². The van der Waals surface area contributed by atoms with Crippen LogP contribution in [0.2, 0.25) is 0 Å². The third-order valence-corrected chi connectivity index (χ3v) is 3.69. The number of hydrogen-bond donors (Lipinski definition) is 2. The maximum absolute atomic E-state index is 12.1. The lowest BCUT2D eigenvalue weighted by Gasteiger charge is -2.34. The van der Waals surface area contributed by atoms with Crippen molar-refractivity contribution in [2.75, 3.05) is 38.0 Å². The summed E-state index contributed by atoms with van der Waals surface area (Å²) >= 11 is 0. The molecule has 8 heteroatoms. The van der Waals surface area contributed by atoms with E-state index in [0.717, 1.165) is 0 Å². The van der Waals surface area contributed by atoms with Gasteiger partial charge in [-0.3, -0.25) is 9.59 Å². The molecule has 0 bridgehead atoms. The van der Waals surface area contributed by atoms with Crippen molar-refractivity contribution in [3.05, 3.63) is 23.9 Å². The second-order valence-corrected chi connectivity index (χ2v) is 5.28. The molecule has 1 aliphatic heterocycles. The van der Waals surface area contributed by atoms with Crippen molar-refractivity contribution in [2.24, 2.45) is 0 Å². The van der Waals surface area contributed by atoms with Crippen molar-refractivity contribution in [1.82, 2.24) is 14.8 Å². The predicted molar refractivity (Wildman–Crippen MR) is 83.1 cm³/mol. The summed E-state index contributed by atoms with van der Waals surface area (Å²) in [5, 5.41) is 11.8. The smallest absolute Gasteiger partial charge is 0.354 e. The Morgan fingerprint density at radius 2 is 1.83 bits per heavy atom. The molecule has 0 atom stereocenters. The zero-order valence-electron chi connectivity index (χ0n) is 13.0. The number of anilines is 1. The molecular formula is C15H20N4O4. The van der Waals surface area contributed by atoms with Crippen molar-refractivity contribution in [3.8, 4) is 0 Å². The number of carboxylic acid groups (broad SMARTS) is 1. The molecule has 0 aliphatic carbocycles. The van der Waals surface area contributed by atoms with E-state index in [1.165, 1.54) is 13.0 Å². The van der Waals surface area contributed by atoms with Gasteiger partial charge in [0.1, 0.15) is 5.82 Å². The van der Waals surface area contributed by atoms with Gasteiger partial charge in [0.25, 0.3) is 0 Å². The van der Waals surface area contributed by atoms with Gasteiger partial charge in [0, 0.05) is 46.1 Å². The van der Waals surface area contributed by atoms with Crippen LogP contribution in [-0.2, 0) is 9.59 Å². The number of aromatic carboxylic acids is 1. The Kier molecular flexibility index (Phi) is 5.51. The SMILES string of the molecule is CC(=O)N1CCN(C(=O)CCNc2cccc(C(=O)O)n2)CC1. The van der Waals surface area contributed by atoms with Crippen LogP contribution in [0.15, 0.2) is 18.2 Å². The summed E-state index contributed by atoms with van der Waals surface area (Å²) in [5.41, 5.74) is -0.0401. The molecule has 2 N–H and O–H groups in total. The summed E-state index contributed by atoms with van der Waals surface area (Å²) in [6, 6.07) is 4.66. The Labute approximate surface area is 134 Å². The third-order valence-electron chi connectivity index (χ3n) is 3.69. The number of pyridine rings is 1. The van der Waals surface area contributed by atoms with Crippen LogP contribution >= 0.6 is 0 Å². The second kappa shape index (κ2) is 7.57. The molecule has 0 radical (unpaired) electrons. The fraction of sp³-hybridized carbons (Fsp3) is 0.467. The molecule has 2 rings (SSSR count). The lowest BCUT2D eigenvalue weighted by atomic mass is 10.2. The molecule has 2 amide bonds. The first-order chi connectivity index (χ1) is 11.0. The number of carbonyl (C=O) groups excluding carboxylic acids is 2. The standard InChI is InChI=1S/C15H20N4O4/c1-11(20)18-7-9-19(10-8-18)14(21)5-6-16-13-4-2-3-12(17-13)15(22)23/h2-4H,5-10H2,1H3,(H,16,17)(H,22,23). The number of carboxylic acids is 1. The Morgan fingerprint density at radius 1 is 1.17 bits per heavy atom. The van der Waals surface area contributed by atoms with Crippen LogP contribution < -0.4 is 5.32 Å². The molecule has 2 heterocycles. The number of piperazine rings is 1. The van der Waals surface area contributed by atoms with Gasteiger partial charge in [0.15, 0.2) is 5.69 Å². The Hall–Kier alpha value is -2.64. The van der Waals surface area contributed by atoms with E-state index in [1.807, 2.05) is 0 Å². The van der Waals surface area contributed by atoms with Crippen molar-refractivity contribution >= 4 is 23.6 Å². The Morgan fingerprint density at radius 3 is 2.43 bits per heavy atom. The molecule has 1 saturated heterocycles. The first-order valence-electron chi connectivity index (χ1n) is 7.45. The molecule has 124 valence electrons. The number of rotatable bonds is 5. The van der Waals surface area contributed by atoms with Gasteiger partial charge in [0.2, 0.25) is 11.8 Å². The minimum absolute atomic E-state index is 0.00934. The lowest BCUT2D eigenvalue weighted by molar-refractivity contribution is -0.138. The number of nitrogens with zero attached hydrogens (tertiary/aromatic N) is 3. The molecule has 8 nitrogen and oxygen atoms in total. The van der Waals surface area contributed by atoms with Gasteiger partial charge >= 0.3 is 5.97 Å². The van der Waals surface area contributed by atoms with Crippen LogP contribution in [0, 0.1) is 0 Å². The van der Waals surface area contributed by atoms with Gasteiger partial charge in [-0.1, -0.05) is 6.07 Å². The van der Waals surface area contributed by atoms with E-state index in [0.29, 0.717) is 45.0 Å². The van der Waals surface area contributed by atoms with Gasteiger partial charge in [-0.2, -0.15) is 0 Å². The van der Waals surface area contributed by atoms with Crippen molar-refractivity contribution < 1.29 is 19.5 Å². The van der Waals surface area contributed by atoms with Crippen LogP contribution in [0.3, 0.4) is 0 Å². The molecule has 0 unspecified atom stereocenters. The van der Waals surface area contributed by atoms with Crippen molar-refractivity contribution in [3.63, 3.8) is 0 Å². The Balaban J connectivity index is 1.76. The summed E-state index contributed by atoms with van der Waals surface area (Å²) in [4.78, 5) is 41.6. The quantitative estimate of drug-likeness (QED) is 0.807. The maximum Gasteiger partial charge on any atom is 0.354 e. The van der Waals surface area contributed by atoms with Crippen LogP contribution in [-0.4, -0.2) is 70.4 Å². The van der Waals surface area contributed by atoms with Crippen molar-refractivity contribution in [1.29, 1.82) is 0 Å². The molecule has 1 aromatic rings. The maximum atomic E-state index is 12.1. The Bertz CT molecular complexity index is 597. The molecule has 0 saturated carbocycles. The molecule has 23 heavy (non-hydrogen) atoms. The lowest BCUT2D eigenvalue weighted by Crippen LogP contribution is -2.50. The minimum atomic E-state index is -1.09. The first-order valence-corrected chi connectivity index (χ1v) is 7.45. The second-order valence-electron chi connectivity index (χ2n) is 5.28. The summed E-state index contributed by atoms with van der Waals surface area (Å²) in [5.74, 6) is -0.620. The van der Waals surface area contributed by atoms with Crippen LogP contribution in [0.1, 0.15) is 23.8 Å². The molecule has 1 fully saturated rings. The number of nitrogens with one attached hydrogen (secondary N) is 1. The third kappa shape index (κ3) is 4.67. The number of hydrogen-bond acceptors (Lipinski definition) is 5. The topological polar surface area (TPSA) is 103 Å². The zero-order valence-corrected chi connectivity index (χ0v) is 13.0. The largest absolute Gasteiger partial charge is 0.477 e. The highest BCUT2D eigenvalue weighted by Gasteiger charge is 2.21. The number of amides is 2. The van der Waals surface area contributed by atoms with E-state index < -0.39 is 5.97 Å². The van der Waals surface area contributed by atoms with Gasteiger partial charge in [-0.25, -0.2) is 9.78 Å². The van der Waals surface area contributed by atoms with Gasteiger partial charge < -0.3 is 20.2 Å². The van der Waals surface area contributed by atoms with Crippen LogP contribution in [0.4, 0.5) is 5.82 Å².